The fourth-order valence-electron chi connectivity index (χ4n) is 2.63. The van der Waals surface area contributed by atoms with E-state index in [1.54, 1.807) is 42.3 Å². The summed E-state index contributed by atoms with van der Waals surface area (Å²) in [5.74, 6) is -0.449. The molecule has 0 saturated heterocycles. The number of hydrogen-bond acceptors (Lipinski definition) is 6. The van der Waals surface area contributed by atoms with Crippen molar-refractivity contribution >= 4 is 49.9 Å². The SMILES string of the molecule is COc1ccc(NC(C)=O)cc1NC(=O)CN(C)c1nc2c(F)cccc2s1. The molecule has 2 amide bonds. The fraction of sp³-hybridized carbons (Fsp3) is 0.211. The lowest BCUT2D eigenvalue weighted by molar-refractivity contribution is -0.115. The molecular weight excluding hydrogens is 383 g/mol. The molecule has 0 unspecified atom stereocenters. The van der Waals surface area contributed by atoms with E-state index in [1.165, 1.54) is 31.4 Å². The van der Waals surface area contributed by atoms with E-state index in [9.17, 15) is 14.0 Å². The van der Waals surface area contributed by atoms with Crippen LogP contribution in [0.5, 0.6) is 5.75 Å². The lowest BCUT2D eigenvalue weighted by Crippen LogP contribution is -2.30. The number of rotatable bonds is 6. The molecule has 2 N–H and O–H groups in total. The maximum absolute atomic E-state index is 13.8. The molecule has 2 aromatic carbocycles. The van der Waals surface area contributed by atoms with Crippen molar-refractivity contribution in [2.75, 3.05) is 36.2 Å². The summed E-state index contributed by atoms with van der Waals surface area (Å²) in [7, 11) is 3.20. The maximum Gasteiger partial charge on any atom is 0.244 e. The Kier molecular flexibility index (Phi) is 5.74. The first kappa shape index (κ1) is 19.6. The number of carbonyl (C=O) groups excluding carboxylic acids is 2. The summed E-state index contributed by atoms with van der Waals surface area (Å²) in [6.45, 7) is 1.41. The molecule has 28 heavy (non-hydrogen) atoms. The fourth-order valence-corrected chi connectivity index (χ4v) is 3.57. The third kappa shape index (κ3) is 4.37. The average Bonchev–Trinajstić information content (AvgIpc) is 3.07. The number of carbonyl (C=O) groups is 2. The van der Waals surface area contributed by atoms with Gasteiger partial charge in [-0.05, 0) is 30.3 Å². The quantitative estimate of drug-likeness (QED) is 0.660. The molecule has 0 aliphatic heterocycles. The third-order valence-corrected chi connectivity index (χ3v) is 4.99. The Hall–Kier alpha value is -3.20. The molecule has 1 aromatic heterocycles. The van der Waals surface area contributed by atoms with Gasteiger partial charge in [0, 0.05) is 19.7 Å². The predicted octanol–water partition coefficient (Wildman–Crippen LogP) is 3.48. The highest BCUT2D eigenvalue weighted by atomic mass is 32.1. The number of nitrogens with zero attached hydrogens (tertiary/aromatic N) is 2. The summed E-state index contributed by atoms with van der Waals surface area (Å²) in [5.41, 5.74) is 1.26. The number of thiazole rings is 1. The van der Waals surface area contributed by atoms with Gasteiger partial charge in [0.25, 0.3) is 0 Å². The van der Waals surface area contributed by atoms with E-state index in [4.69, 9.17) is 4.74 Å². The van der Waals surface area contributed by atoms with Crippen LogP contribution in [-0.4, -0.2) is 37.5 Å². The molecule has 0 bridgehead atoms. The van der Waals surface area contributed by atoms with Gasteiger partial charge >= 0.3 is 0 Å². The van der Waals surface area contributed by atoms with Crippen molar-refractivity contribution in [3.63, 3.8) is 0 Å². The van der Waals surface area contributed by atoms with Crippen LogP contribution in [-0.2, 0) is 9.59 Å². The van der Waals surface area contributed by atoms with Crippen molar-refractivity contribution < 1.29 is 18.7 Å². The smallest absolute Gasteiger partial charge is 0.244 e. The Balaban J connectivity index is 1.73. The molecule has 7 nitrogen and oxygen atoms in total. The van der Waals surface area contributed by atoms with Crippen molar-refractivity contribution in [3.05, 3.63) is 42.2 Å². The Labute approximate surface area is 165 Å². The molecule has 146 valence electrons. The van der Waals surface area contributed by atoms with Crippen molar-refractivity contribution in [2.24, 2.45) is 0 Å². The Morgan fingerprint density at radius 2 is 2.04 bits per heavy atom. The molecule has 1 heterocycles. The zero-order valence-corrected chi connectivity index (χ0v) is 16.4. The van der Waals surface area contributed by atoms with Crippen LogP contribution in [0.3, 0.4) is 0 Å². The first-order valence-corrected chi connectivity index (χ1v) is 9.20. The highest BCUT2D eigenvalue weighted by Gasteiger charge is 2.15. The maximum atomic E-state index is 13.8. The first-order chi connectivity index (χ1) is 13.4. The molecule has 0 aliphatic carbocycles. The van der Waals surface area contributed by atoms with Gasteiger partial charge < -0.3 is 20.3 Å². The van der Waals surface area contributed by atoms with Crippen LogP contribution in [0.15, 0.2) is 36.4 Å². The van der Waals surface area contributed by atoms with Crippen LogP contribution in [0.1, 0.15) is 6.92 Å². The summed E-state index contributed by atoms with van der Waals surface area (Å²) in [4.78, 5) is 29.6. The van der Waals surface area contributed by atoms with Crippen LogP contribution in [0, 0.1) is 5.82 Å². The Bertz CT molecular complexity index is 1040. The van der Waals surface area contributed by atoms with Gasteiger partial charge in [-0.3, -0.25) is 9.59 Å². The van der Waals surface area contributed by atoms with E-state index < -0.39 is 5.82 Å². The number of likely N-dealkylation sites (N-methyl/N-ethyl adjacent to an activating group) is 1. The molecule has 0 aliphatic rings. The average molecular weight is 402 g/mol. The monoisotopic (exact) mass is 402 g/mol. The number of methoxy groups -OCH3 is 1. The molecule has 0 radical (unpaired) electrons. The minimum atomic E-state index is -0.391. The van der Waals surface area contributed by atoms with Gasteiger partial charge in [-0.2, -0.15) is 0 Å². The number of benzene rings is 2. The van der Waals surface area contributed by atoms with E-state index in [-0.39, 0.29) is 18.4 Å². The number of nitrogens with one attached hydrogen (secondary N) is 2. The molecule has 0 atom stereocenters. The van der Waals surface area contributed by atoms with Gasteiger partial charge in [0.1, 0.15) is 17.1 Å². The molecule has 0 saturated carbocycles. The minimum absolute atomic E-state index is 0.00889. The van der Waals surface area contributed by atoms with Gasteiger partial charge in [-0.25, -0.2) is 9.37 Å². The third-order valence-electron chi connectivity index (χ3n) is 3.86. The summed E-state index contributed by atoms with van der Waals surface area (Å²) in [6, 6.07) is 9.71. The van der Waals surface area contributed by atoms with Gasteiger partial charge in [-0.15, -0.1) is 0 Å². The lowest BCUT2D eigenvalue weighted by Gasteiger charge is -2.17. The van der Waals surface area contributed by atoms with Crippen LogP contribution in [0.25, 0.3) is 10.2 Å². The molecule has 0 spiro atoms. The van der Waals surface area contributed by atoms with Crippen LogP contribution < -0.4 is 20.3 Å². The molecule has 9 heteroatoms. The van der Waals surface area contributed by atoms with Gasteiger partial charge in [0.2, 0.25) is 11.8 Å². The van der Waals surface area contributed by atoms with E-state index in [0.717, 1.165) is 0 Å². The summed E-state index contributed by atoms with van der Waals surface area (Å²) >= 11 is 1.31. The largest absolute Gasteiger partial charge is 0.495 e. The number of anilines is 3. The Morgan fingerprint density at radius 1 is 1.25 bits per heavy atom. The van der Waals surface area contributed by atoms with Gasteiger partial charge in [0.05, 0.1) is 24.0 Å². The van der Waals surface area contributed by atoms with Crippen molar-refractivity contribution in [3.8, 4) is 5.75 Å². The summed E-state index contributed by atoms with van der Waals surface area (Å²) in [5, 5.41) is 5.96. The number of hydrogen-bond donors (Lipinski definition) is 2. The predicted molar refractivity (Wildman–Crippen MR) is 109 cm³/mol. The highest BCUT2D eigenvalue weighted by molar-refractivity contribution is 7.22. The minimum Gasteiger partial charge on any atom is -0.495 e. The zero-order chi connectivity index (χ0) is 20.3. The Morgan fingerprint density at radius 3 is 2.71 bits per heavy atom. The van der Waals surface area contributed by atoms with Crippen molar-refractivity contribution in [1.82, 2.24) is 4.98 Å². The second kappa shape index (κ2) is 8.22. The van der Waals surface area contributed by atoms with Crippen LogP contribution >= 0.6 is 11.3 Å². The normalized spacial score (nSPS) is 10.6. The molecular formula is C19H19FN4O3S. The second-order valence-corrected chi connectivity index (χ2v) is 7.09. The molecule has 0 fully saturated rings. The highest BCUT2D eigenvalue weighted by Crippen LogP contribution is 2.30. The zero-order valence-electron chi connectivity index (χ0n) is 15.6. The van der Waals surface area contributed by atoms with E-state index in [2.05, 4.69) is 15.6 Å². The summed E-state index contributed by atoms with van der Waals surface area (Å²) in [6.07, 6.45) is 0. The number of fused-ring (bicyclic) bond motifs is 1. The van der Waals surface area contributed by atoms with E-state index >= 15 is 0 Å². The number of ether oxygens (including phenoxy) is 1. The first-order valence-electron chi connectivity index (χ1n) is 8.39. The van der Waals surface area contributed by atoms with Crippen molar-refractivity contribution in [1.29, 1.82) is 0 Å². The topological polar surface area (TPSA) is 83.6 Å². The van der Waals surface area contributed by atoms with Crippen molar-refractivity contribution in [2.45, 2.75) is 6.92 Å². The molecule has 3 rings (SSSR count). The lowest BCUT2D eigenvalue weighted by atomic mass is 10.2. The van der Waals surface area contributed by atoms with Gasteiger partial charge in [0.15, 0.2) is 5.13 Å². The standard InChI is InChI=1S/C19H19FN4O3S/c1-11(25)21-12-7-8-15(27-3)14(9-12)22-17(26)10-24(2)19-23-18-13(20)5-4-6-16(18)28-19/h4-9H,10H2,1-3H3,(H,21,25)(H,22,26). The second-order valence-electron chi connectivity index (χ2n) is 6.08. The van der Waals surface area contributed by atoms with Crippen LogP contribution in [0.4, 0.5) is 20.9 Å². The number of amides is 2. The number of aromatic nitrogens is 1. The molecule has 3 aromatic rings. The summed E-state index contributed by atoms with van der Waals surface area (Å²) < 4.78 is 19.8. The number of para-hydroxylation sites is 1. The van der Waals surface area contributed by atoms with E-state index in [0.29, 0.717) is 32.5 Å². The van der Waals surface area contributed by atoms with Crippen LogP contribution in [0.2, 0.25) is 0 Å². The van der Waals surface area contributed by atoms with Gasteiger partial charge in [-0.1, -0.05) is 17.4 Å². The number of halogens is 1. The van der Waals surface area contributed by atoms with E-state index in [1.807, 2.05) is 0 Å².